The number of hydrogen-bond acceptors (Lipinski definition) is 6. The van der Waals surface area contributed by atoms with Crippen LogP contribution in [0.15, 0.2) is 41.3 Å². The van der Waals surface area contributed by atoms with Gasteiger partial charge >= 0.3 is 5.97 Å². The zero-order valence-corrected chi connectivity index (χ0v) is 16.3. The van der Waals surface area contributed by atoms with E-state index in [1.807, 2.05) is 32.9 Å². The van der Waals surface area contributed by atoms with Gasteiger partial charge in [0.05, 0.1) is 4.90 Å². The van der Waals surface area contributed by atoms with E-state index in [9.17, 15) is 13.2 Å². The van der Waals surface area contributed by atoms with Crippen LogP contribution in [0.1, 0.15) is 16.7 Å². The highest BCUT2D eigenvalue weighted by molar-refractivity contribution is 7.89. The zero-order valence-electron chi connectivity index (χ0n) is 15.5. The Balaban J connectivity index is 1.74. The van der Waals surface area contributed by atoms with Crippen molar-refractivity contribution in [3.8, 4) is 11.5 Å². The minimum Gasteiger partial charge on any atom is -0.490 e. The summed E-state index contributed by atoms with van der Waals surface area (Å²) in [5.74, 6) is 0.631. The van der Waals surface area contributed by atoms with Gasteiger partial charge in [-0.15, -0.1) is 0 Å². The second kappa shape index (κ2) is 8.88. The molecule has 27 heavy (non-hydrogen) atoms. The summed E-state index contributed by atoms with van der Waals surface area (Å²) in [4.78, 5) is 11.8. The number of benzene rings is 2. The van der Waals surface area contributed by atoms with Crippen LogP contribution in [0.4, 0.5) is 0 Å². The summed E-state index contributed by atoms with van der Waals surface area (Å²) in [5.41, 5.74) is 3.06. The first kappa shape index (κ1) is 20.7. The number of carbonyl (C=O) groups is 1. The van der Waals surface area contributed by atoms with Crippen LogP contribution in [0, 0.1) is 20.8 Å². The van der Waals surface area contributed by atoms with Gasteiger partial charge in [-0.1, -0.05) is 17.7 Å². The summed E-state index contributed by atoms with van der Waals surface area (Å²) in [6.45, 7) is 5.84. The fourth-order valence-electron chi connectivity index (χ4n) is 2.61. The second-order valence-electron chi connectivity index (χ2n) is 6.10. The van der Waals surface area contributed by atoms with Gasteiger partial charge in [0, 0.05) is 0 Å². The molecular weight excluding hydrogens is 370 g/mol. The first-order valence-corrected chi connectivity index (χ1v) is 9.83. The van der Waals surface area contributed by atoms with Gasteiger partial charge < -0.3 is 14.2 Å². The van der Waals surface area contributed by atoms with Crippen LogP contribution in [0.2, 0.25) is 0 Å². The van der Waals surface area contributed by atoms with E-state index in [0.29, 0.717) is 11.5 Å². The Bertz CT molecular complexity index is 883. The Morgan fingerprint density at radius 1 is 0.963 bits per heavy atom. The molecule has 2 aromatic carbocycles. The van der Waals surface area contributed by atoms with Gasteiger partial charge in [-0.3, -0.25) is 0 Å². The van der Waals surface area contributed by atoms with Crippen LogP contribution < -0.4 is 14.6 Å². The molecule has 2 rings (SSSR count). The van der Waals surface area contributed by atoms with Crippen molar-refractivity contribution in [3.05, 3.63) is 53.1 Å². The molecule has 0 aliphatic heterocycles. The monoisotopic (exact) mass is 393 g/mol. The highest BCUT2D eigenvalue weighted by atomic mass is 32.2. The van der Waals surface area contributed by atoms with Gasteiger partial charge in [0.15, 0.2) is 6.61 Å². The maximum absolute atomic E-state index is 11.8. The van der Waals surface area contributed by atoms with Gasteiger partial charge in [-0.05, 0) is 56.2 Å². The number of sulfonamides is 1. The Hall–Kier alpha value is -2.58. The fraction of sp³-hybridized carbons (Fsp3) is 0.316. The van der Waals surface area contributed by atoms with Gasteiger partial charge in [-0.2, -0.15) is 0 Å². The van der Waals surface area contributed by atoms with E-state index in [1.54, 1.807) is 0 Å². The topological polar surface area (TPSA) is 105 Å². The Labute approximate surface area is 159 Å². The van der Waals surface area contributed by atoms with Gasteiger partial charge in [0.1, 0.15) is 24.7 Å². The minimum absolute atomic E-state index is 0.000110. The smallest absolute Gasteiger partial charge is 0.344 e. The molecule has 0 heterocycles. The average molecular weight is 393 g/mol. The molecule has 2 N–H and O–H groups in total. The summed E-state index contributed by atoms with van der Waals surface area (Å²) in [6, 6.07) is 9.63. The first-order chi connectivity index (χ1) is 12.7. The molecule has 0 spiro atoms. The van der Waals surface area contributed by atoms with Gasteiger partial charge in [-0.25, -0.2) is 18.4 Å². The average Bonchev–Trinajstić information content (AvgIpc) is 2.57. The molecule has 2 aromatic rings. The van der Waals surface area contributed by atoms with Crippen molar-refractivity contribution in [1.82, 2.24) is 0 Å². The van der Waals surface area contributed by atoms with Crippen LogP contribution in [-0.2, 0) is 19.6 Å². The summed E-state index contributed by atoms with van der Waals surface area (Å²) < 4.78 is 38.3. The van der Waals surface area contributed by atoms with E-state index < -0.39 is 16.0 Å². The third-order valence-electron chi connectivity index (χ3n) is 3.71. The number of nitrogens with two attached hydrogens (primary N) is 1. The lowest BCUT2D eigenvalue weighted by atomic mass is 10.1. The SMILES string of the molecule is Cc1cc(C)c(OCC(=O)OCCOc2ccc(S(N)(=O)=O)cc2)c(C)c1. The lowest BCUT2D eigenvalue weighted by Crippen LogP contribution is -2.19. The maximum Gasteiger partial charge on any atom is 0.344 e. The van der Waals surface area contributed by atoms with Crippen LogP contribution in [0.25, 0.3) is 0 Å². The molecule has 0 saturated carbocycles. The third kappa shape index (κ3) is 6.26. The van der Waals surface area contributed by atoms with Crippen molar-refractivity contribution in [1.29, 1.82) is 0 Å². The molecule has 0 radical (unpaired) electrons. The Morgan fingerprint density at radius 3 is 2.11 bits per heavy atom. The van der Waals surface area contributed by atoms with Crippen molar-refractivity contribution in [3.63, 3.8) is 0 Å². The number of hydrogen-bond donors (Lipinski definition) is 1. The lowest BCUT2D eigenvalue weighted by Gasteiger charge is -2.13. The first-order valence-electron chi connectivity index (χ1n) is 8.29. The number of carbonyl (C=O) groups excluding carboxylic acids is 1. The van der Waals surface area contributed by atoms with Crippen LogP contribution in [0.5, 0.6) is 11.5 Å². The van der Waals surface area contributed by atoms with E-state index in [0.717, 1.165) is 16.7 Å². The number of ether oxygens (including phenoxy) is 3. The molecule has 0 aliphatic carbocycles. The van der Waals surface area contributed by atoms with Crippen molar-refractivity contribution in [2.75, 3.05) is 19.8 Å². The maximum atomic E-state index is 11.8. The quantitative estimate of drug-likeness (QED) is 0.545. The van der Waals surface area contributed by atoms with E-state index >= 15 is 0 Å². The lowest BCUT2D eigenvalue weighted by molar-refractivity contribution is -0.146. The van der Waals surface area contributed by atoms with Gasteiger partial charge in [0.25, 0.3) is 0 Å². The molecular formula is C19H23NO6S. The fourth-order valence-corrected chi connectivity index (χ4v) is 3.12. The molecule has 0 fully saturated rings. The molecule has 0 saturated heterocycles. The van der Waals surface area contributed by atoms with E-state index in [2.05, 4.69) is 0 Å². The zero-order chi connectivity index (χ0) is 20.0. The van der Waals surface area contributed by atoms with E-state index in [4.69, 9.17) is 19.3 Å². The van der Waals surface area contributed by atoms with Crippen LogP contribution >= 0.6 is 0 Å². The predicted octanol–water partition coefficient (Wildman–Crippen LogP) is 2.26. The largest absolute Gasteiger partial charge is 0.490 e. The molecule has 0 aromatic heterocycles. The standard InChI is InChI=1S/C19H23NO6S/c1-13-10-14(2)19(15(3)11-13)26-12-18(21)25-9-8-24-16-4-6-17(7-5-16)27(20,22)23/h4-7,10-11H,8-9,12H2,1-3H3,(H2,20,22,23). The molecule has 0 amide bonds. The Kier molecular flexibility index (Phi) is 6.81. The molecule has 0 atom stereocenters. The highest BCUT2D eigenvalue weighted by Crippen LogP contribution is 2.24. The predicted molar refractivity (Wildman–Crippen MR) is 100 cm³/mol. The number of primary sulfonamides is 1. The molecule has 8 heteroatoms. The molecule has 0 unspecified atom stereocenters. The Morgan fingerprint density at radius 2 is 1.56 bits per heavy atom. The molecule has 0 aliphatic rings. The minimum atomic E-state index is -3.73. The summed E-state index contributed by atoms with van der Waals surface area (Å²) in [6.07, 6.45) is 0. The normalized spacial score (nSPS) is 11.1. The summed E-state index contributed by atoms with van der Waals surface area (Å²) in [5, 5.41) is 5.02. The van der Waals surface area contributed by atoms with E-state index in [-0.39, 0.29) is 24.7 Å². The van der Waals surface area contributed by atoms with Crippen molar-refractivity contribution >= 4 is 16.0 Å². The van der Waals surface area contributed by atoms with Gasteiger partial charge in [0.2, 0.25) is 10.0 Å². The molecule has 7 nitrogen and oxygen atoms in total. The molecule has 146 valence electrons. The third-order valence-corrected chi connectivity index (χ3v) is 4.64. The summed E-state index contributed by atoms with van der Waals surface area (Å²) >= 11 is 0. The van der Waals surface area contributed by atoms with Crippen LogP contribution in [0.3, 0.4) is 0 Å². The second-order valence-corrected chi connectivity index (χ2v) is 7.66. The number of rotatable bonds is 8. The molecule has 0 bridgehead atoms. The van der Waals surface area contributed by atoms with Crippen molar-refractivity contribution < 1.29 is 27.4 Å². The van der Waals surface area contributed by atoms with Crippen molar-refractivity contribution in [2.45, 2.75) is 25.7 Å². The number of aryl methyl sites for hydroxylation is 3. The van der Waals surface area contributed by atoms with Crippen molar-refractivity contribution in [2.24, 2.45) is 5.14 Å². The van der Waals surface area contributed by atoms with Crippen LogP contribution in [-0.4, -0.2) is 34.2 Å². The highest BCUT2D eigenvalue weighted by Gasteiger charge is 2.10. The van der Waals surface area contributed by atoms with E-state index in [1.165, 1.54) is 24.3 Å². The number of esters is 1. The summed E-state index contributed by atoms with van der Waals surface area (Å²) in [7, 11) is -3.73.